The van der Waals surface area contributed by atoms with Crippen LogP contribution in [-0.2, 0) is 13.1 Å². The van der Waals surface area contributed by atoms with Crippen molar-refractivity contribution in [3.8, 4) is 0 Å². The first kappa shape index (κ1) is 22.7. The van der Waals surface area contributed by atoms with Crippen molar-refractivity contribution in [3.05, 3.63) is 52.9 Å². The van der Waals surface area contributed by atoms with Crippen LogP contribution in [0.1, 0.15) is 42.1 Å². The molecular weight excluding hydrogens is 426 g/mol. The first-order valence-corrected chi connectivity index (χ1v) is 11.7. The standard InChI is InChI=1S/C24H30ClN5O2/c1-2-7-30-15-19(21-4-3-20(25)10-22(21)30)12-26-11-17-5-8-29(9-6-17)24-27-13-18(14-28-24)23(32)16-31/h3-4,10,13-15,17,26,31H,2,5-9,11-12,16H2,1H3. The number of Topliss-reactive ketones (excluding diaryl/α,β-unsaturated/α-hetero) is 1. The fourth-order valence-electron chi connectivity index (χ4n) is 4.38. The summed E-state index contributed by atoms with van der Waals surface area (Å²) in [6.45, 7) is 6.28. The first-order chi connectivity index (χ1) is 15.6. The summed E-state index contributed by atoms with van der Waals surface area (Å²) in [6, 6.07) is 6.15. The van der Waals surface area contributed by atoms with Gasteiger partial charge in [0.05, 0.1) is 5.56 Å². The number of hydrogen-bond donors (Lipinski definition) is 2. The molecule has 4 rings (SSSR count). The quantitative estimate of drug-likeness (QED) is 0.479. The Balaban J connectivity index is 1.29. The Morgan fingerprint density at radius 1 is 1.25 bits per heavy atom. The topological polar surface area (TPSA) is 83.3 Å². The molecule has 0 aliphatic carbocycles. The van der Waals surface area contributed by atoms with E-state index in [0.717, 1.165) is 57.0 Å². The summed E-state index contributed by atoms with van der Waals surface area (Å²) >= 11 is 6.22. The molecule has 0 radical (unpaired) electrons. The number of ketones is 1. The number of aliphatic hydroxyl groups excluding tert-OH is 1. The molecule has 1 fully saturated rings. The van der Waals surface area contributed by atoms with Gasteiger partial charge in [-0.05, 0) is 49.4 Å². The van der Waals surface area contributed by atoms with Crippen LogP contribution in [0.15, 0.2) is 36.8 Å². The van der Waals surface area contributed by atoms with Crippen molar-refractivity contribution in [1.29, 1.82) is 0 Å². The number of halogens is 1. The lowest BCUT2D eigenvalue weighted by Crippen LogP contribution is -2.38. The largest absolute Gasteiger partial charge is 0.388 e. The van der Waals surface area contributed by atoms with Crippen LogP contribution in [0.2, 0.25) is 5.02 Å². The number of aliphatic hydroxyl groups is 1. The molecule has 0 unspecified atom stereocenters. The molecule has 1 aliphatic rings. The molecule has 0 amide bonds. The Bertz CT molecular complexity index is 1060. The average molecular weight is 456 g/mol. The van der Waals surface area contributed by atoms with Crippen LogP contribution in [0.25, 0.3) is 10.9 Å². The van der Waals surface area contributed by atoms with Crippen LogP contribution in [-0.4, -0.2) is 51.7 Å². The Morgan fingerprint density at radius 2 is 2.00 bits per heavy atom. The molecule has 1 saturated heterocycles. The summed E-state index contributed by atoms with van der Waals surface area (Å²) < 4.78 is 2.30. The molecule has 1 aromatic carbocycles. The normalized spacial score (nSPS) is 14.9. The van der Waals surface area contributed by atoms with E-state index in [-0.39, 0.29) is 5.78 Å². The van der Waals surface area contributed by atoms with Crippen molar-refractivity contribution in [2.45, 2.75) is 39.3 Å². The van der Waals surface area contributed by atoms with Crippen LogP contribution in [0.4, 0.5) is 5.95 Å². The van der Waals surface area contributed by atoms with Crippen molar-refractivity contribution in [2.24, 2.45) is 5.92 Å². The van der Waals surface area contributed by atoms with Gasteiger partial charge in [-0.15, -0.1) is 0 Å². The van der Waals surface area contributed by atoms with Crippen LogP contribution < -0.4 is 10.2 Å². The second kappa shape index (κ2) is 10.4. The van der Waals surface area contributed by atoms with Gasteiger partial charge >= 0.3 is 0 Å². The minimum absolute atomic E-state index is 0.345. The maximum Gasteiger partial charge on any atom is 0.225 e. The molecule has 2 N–H and O–H groups in total. The SMILES string of the molecule is CCCn1cc(CNCC2CCN(c3ncc(C(=O)CO)cn3)CC2)c2ccc(Cl)cc21. The van der Waals surface area contributed by atoms with Crippen molar-refractivity contribution >= 4 is 34.2 Å². The van der Waals surface area contributed by atoms with Gasteiger partial charge in [0.1, 0.15) is 6.61 Å². The van der Waals surface area contributed by atoms with Gasteiger partial charge in [0.2, 0.25) is 5.95 Å². The highest BCUT2D eigenvalue weighted by atomic mass is 35.5. The molecule has 0 bridgehead atoms. The number of fused-ring (bicyclic) bond motifs is 1. The summed E-state index contributed by atoms with van der Waals surface area (Å²) in [5.41, 5.74) is 2.86. The number of anilines is 1. The van der Waals surface area contributed by atoms with Crippen LogP contribution in [0.5, 0.6) is 0 Å². The van der Waals surface area contributed by atoms with Crippen LogP contribution >= 0.6 is 11.6 Å². The number of benzene rings is 1. The summed E-state index contributed by atoms with van der Waals surface area (Å²) in [5.74, 6) is 0.899. The van der Waals surface area contributed by atoms with Gasteiger partial charge < -0.3 is 19.9 Å². The molecule has 170 valence electrons. The molecule has 3 heterocycles. The Morgan fingerprint density at radius 3 is 2.69 bits per heavy atom. The number of nitrogens with one attached hydrogen (secondary N) is 1. The zero-order chi connectivity index (χ0) is 22.5. The molecular formula is C24H30ClN5O2. The number of nitrogens with zero attached hydrogens (tertiary/aromatic N) is 4. The van der Waals surface area contributed by atoms with Gasteiger partial charge in [0.15, 0.2) is 5.78 Å². The lowest BCUT2D eigenvalue weighted by atomic mass is 9.97. The smallest absolute Gasteiger partial charge is 0.225 e. The highest BCUT2D eigenvalue weighted by Crippen LogP contribution is 2.26. The van der Waals surface area contributed by atoms with E-state index in [4.69, 9.17) is 16.7 Å². The van der Waals surface area contributed by atoms with Gasteiger partial charge in [-0.1, -0.05) is 24.6 Å². The van der Waals surface area contributed by atoms with E-state index in [0.29, 0.717) is 17.4 Å². The minimum Gasteiger partial charge on any atom is -0.388 e. The number of carbonyl (C=O) groups excluding carboxylic acids is 1. The summed E-state index contributed by atoms with van der Waals surface area (Å²) in [5, 5.41) is 14.6. The maximum atomic E-state index is 11.5. The Hall–Kier alpha value is -2.48. The molecule has 3 aromatic rings. The second-order valence-electron chi connectivity index (χ2n) is 8.42. The molecule has 0 spiro atoms. The molecule has 32 heavy (non-hydrogen) atoms. The van der Waals surface area contributed by atoms with Crippen molar-refractivity contribution < 1.29 is 9.90 Å². The van der Waals surface area contributed by atoms with Gasteiger partial charge in [0.25, 0.3) is 0 Å². The van der Waals surface area contributed by atoms with E-state index < -0.39 is 6.61 Å². The van der Waals surface area contributed by atoms with Gasteiger partial charge in [-0.3, -0.25) is 4.79 Å². The summed E-state index contributed by atoms with van der Waals surface area (Å²) in [4.78, 5) is 22.3. The molecule has 0 saturated carbocycles. The molecule has 0 atom stereocenters. The number of rotatable bonds is 9. The predicted octanol–water partition coefficient (Wildman–Crippen LogP) is 3.68. The Kier molecular flexibility index (Phi) is 7.40. The lowest BCUT2D eigenvalue weighted by molar-refractivity contribution is 0.0903. The number of aryl methyl sites for hydroxylation is 1. The molecule has 7 nitrogen and oxygen atoms in total. The van der Waals surface area contributed by atoms with Crippen LogP contribution in [0.3, 0.4) is 0 Å². The van der Waals surface area contributed by atoms with E-state index in [9.17, 15) is 4.79 Å². The first-order valence-electron chi connectivity index (χ1n) is 11.3. The second-order valence-corrected chi connectivity index (χ2v) is 8.86. The van der Waals surface area contributed by atoms with Gasteiger partial charge in [-0.2, -0.15) is 0 Å². The van der Waals surface area contributed by atoms with E-state index in [1.54, 1.807) is 0 Å². The number of carbonyl (C=O) groups is 1. The fourth-order valence-corrected chi connectivity index (χ4v) is 4.54. The highest BCUT2D eigenvalue weighted by molar-refractivity contribution is 6.31. The van der Waals surface area contributed by atoms with Gasteiger partial charge in [0, 0.05) is 60.7 Å². The molecule has 1 aliphatic heterocycles. The maximum absolute atomic E-state index is 11.5. The van der Waals surface area contributed by atoms with E-state index >= 15 is 0 Å². The average Bonchev–Trinajstić information content (AvgIpc) is 3.16. The lowest BCUT2D eigenvalue weighted by Gasteiger charge is -2.32. The summed E-state index contributed by atoms with van der Waals surface area (Å²) in [7, 11) is 0. The fraction of sp³-hybridized carbons (Fsp3) is 0.458. The molecule has 8 heteroatoms. The zero-order valence-corrected chi connectivity index (χ0v) is 19.2. The third-order valence-electron chi connectivity index (χ3n) is 6.14. The predicted molar refractivity (Wildman–Crippen MR) is 127 cm³/mol. The number of aromatic nitrogens is 3. The highest BCUT2D eigenvalue weighted by Gasteiger charge is 2.21. The zero-order valence-electron chi connectivity index (χ0n) is 18.4. The van der Waals surface area contributed by atoms with E-state index in [1.807, 2.05) is 6.07 Å². The number of hydrogen-bond acceptors (Lipinski definition) is 6. The van der Waals surface area contributed by atoms with Crippen molar-refractivity contribution in [3.63, 3.8) is 0 Å². The third kappa shape index (κ3) is 5.11. The van der Waals surface area contributed by atoms with Crippen molar-refractivity contribution in [2.75, 3.05) is 31.1 Å². The van der Waals surface area contributed by atoms with Crippen LogP contribution in [0, 0.1) is 5.92 Å². The minimum atomic E-state index is -0.520. The number of piperidine rings is 1. The summed E-state index contributed by atoms with van der Waals surface area (Å²) in [6.07, 6.45) is 8.48. The monoisotopic (exact) mass is 455 g/mol. The Labute approximate surface area is 193 Å². The molecule has 2 aromatic heterocycles. The van der Waals surface area contributed by atoms with E-state index in [2.05, 4.69) is 50.0 Å². The third-order valence-corrected chi connectivity index (χ3v) is 6.38. The van der Waals surface area contributed by atoms with Gasteiger partial charge in [-0.25, -0.2) is 9.97 Å². The van der Waals surface area contributed by atoms with E-state index in [1.165, 1.54) is 28.9 Å². The van der Waals surface area contributed by atoms with Crippen molar-refractivity contribution in [1.82, 2.24) is 19.9 Å².